The Labute approximate surface area is 306 Å². The third kappa shape index (κ3) is 4.16. The quantitative estimate of drug-likeness (QED) is 0.172. The van der Waals surface area contributed by atoms with Crippen LogP contribution in [0.25, 0.3) is 33.4 Å². The average molecular weight is 663 g/mol. The molecular formula is C52H38. The van der Waals surface area contributed by atoms with E-state index in [1.165, 1.54) is 89.0 Å². The van der Waals surface area contributed by atoms with Crippen molar-refractivity contribution < 1.29 is 0 Å². The minimum atomic E-state index is -0.439. The largest absolute Gasteiger partial charge is 0.0716 e. The van der Waals surface area contributed by atoms with Crippen LogP contribution in [0.15, 0.2) is 194 Å². The van der Waals surface area contributed by atoms with Crippen LogP contribution in [0.5, 0.6) is 0 Å². The van der Waals surface area contributed by atoms with Crippen LogP contribution in [0, 0.1) is 13.8 Å². The summed E-state index contributed by atoms with van der Waals surface area (Å²) >= 11 is 0. The van der Waals surface area contributed by atoms with Crippen molar-refractivity contribution in [2.75, 3.05) is 0 Å². The maximum atomic E-state index is 2.46. The zero-order valence-electron chi connectivity index (χ0n) is 29.5. The first-order chi connectivity index (χ1) is 25.6. The van der Waals surface area contributed by atoms with Crippen LogP contribution in [0.3, 0.4) is 0 Å². The molecule has 0 bridgehead atoms. The first-order valence-electron chi connectivity index (χ1n) is 18.4. The fourth-order valence-corrected chi connectivity index (χ4v) is 9.74. The van der Waals surface area contributed by atoms with Crippen molar-refractivity contribution in [3.63, 3.8) is 0 Å². The fraction of sp³-hybridized carbons (Fsp3) is 0.0769. The molecular weight excluding hydrogens is 625 g/mol. The Balaban J connectivity index is 1.22. The summed E-state index contributed by atoms with van der Waals surface area (Å²) in [6, 6.07) is 72.7. The number of aryl methyl sites for hydroxylation is 2. The van der Waals surface area contributed by atoms with Gasteiger partial charge in [-0.15, -0.1) is 0 Å². The van der Waals surface area contributed by atoms with Crippen molar-refractivity contribution in [2.45, 2.75) is 24.7 Å². The van der Waals surface area contributed by atoms with Crippen molar-refractivity contribution in [2.24, 2.45) is 0 Å². The second-order valence-corrected chi connectivity index (χ2v) is 14.5. The molecule has 0 nitrogen and oxygen atoms in total. The molecule has 0 saturated carbocycles. The molecule has 0 spiro atoms. The van der Waals surface area contributed by atoms with Crippen molar-refractivity contribution in [1.82, 2.24) is 0 Å². The Morgan fingerprint density at radius 3 is 1.56 bits per heavy atom. The van der Waals surface area contributed by atoms with E-state index in [2.05, 4.69) is 208 Å². The highest BCUT2D eigenvalue weighted by Gasteiger charge is 2.48. The molecule has 10 rings (SSSR count). The van der Waals surface area contributed by atoms with Crippen LogP contribution in [-0.4, -0.2) is 0 Å². The van der Waals surface area contributed by atoms with Crippen molar-refractivity contribution in [1.29, 1.82) is 0 Å². The van der Waals surface area contributed by atoms with E-state index >= 15 is 0 Å². The Morgan fingerprint density at radius 1 is 0.308 bits per heavy atom. The van der Waals surface area contributed by atoms with Crippen LogP contribution in [-0.2, 0) is 10.8 Å². The Hall–Kier alpha value is -6.24. The topological polar surface area (TPSA) is 0 Å². The summed E-state index contributed by atoms with van der Waals surface area (Å²) in [5, 5.41) is 0. The highest BCUT2D eigenvalue weighted by Crippen LogP contribution is 2.59. The van der Waals surface area contributed by atoms with Gasteiger partial charge in [0.2, 0.25) is 0 Å². The summed E-state index contributed by atoms with van der Waals surface area (Å²) in [5.41, 5.74) is 20.0. The van der Waals surface area contributed by atoms with E-state index in [0.717, 1.165) is 0 Å². The Morgan fingerprint density at radius 2 is 0.846 bits per heavy atom. The molecule has 0 N–H and O–H groups in total. The van der Waals surface area contributed by atoms with Gasteiger partial charge in [0.05, 0.1) is 10.8 Å². The van der Waals surface area contributed by atoms with E-state index in [1.54, 1.807) is 0 Å². The molecule has 2 aliphatic carbocycles. The molecule has 0 saturated heterocycles. The monoisotopic (exact) mass is 662 g/mol. The molecule has 1 unspecified atom stereocenters. The molecule has 0 fully saturated rings. The van der Waals surface area contributed by atoms with Gasteiger partial charge in [-0.3, -0.25) is 0 Å². The first-order valence-corrected chi connectivity index (χ1v) is 18.4. The normalized spacial score (nSPS) is 16.1. The van der Waals surface area contributed by atoms with E-state index in [9.17, 15) is 0 Å². The van der Waals surface area contributed by atoms with Gasteiger partial charge >= 0.3 is 0 Å². The number of benzene rings is 8. The Kier molecular flexibility index (Phi) is 6.85. The highest BCUT2D eigenvalue weighted by atomic mass is 14.5. The summed E-state index contributed by atoms with van der Waals surface area (Å²) in [4.78, 5) is 0. The molecule has 246 valence electrons. The van der Waals surface area contributed by atoms with Crippen LogP contribution in [0.4, 0.5) is 0 Å². The zero-order valence-corrected chi connectivity index (χ0v) is 29.5. The van der Waals surface area contributed by atoms with Gasteiger partial charge in [0.15, 0.2) is 0 Å². The lowest BCUT2D eigenvalue weighted by molar-refractivity contribution is 0.762. The molecule has 52 heavy (non-hydrogen) atoms. The summed E-state index contributed by atoms with van der Waals surface area (Å²) in [6.07, 6.45) is 0. The zero-order chi connectivity index (χ0) is 34.9. The summed E-state index contributed by atoms with van der Waals surface area (Å²) in [5.74, 6) is 0. The molecule has 0 amide bonds. The number of fused-ring (bicyclic) bond motifs is 6. The molecule has 0 aliphatic heterocycles. The van der Waals surface area contributed by atoms with Gasteiger partial charge in [0.1, 0.15) is 0 Å². The lowest BCUT2D eigenvalue weighted by Gasteiger charge is -2.35. The van der Waals surface area contributed by atoms with E-state index in [4.69, 9.17) is 0 Å². The second-order valence-electron chi connectivity index (χ2n) is 14.5. The van der Waals surface area contributed by atoms with Crippen molar-refractivity contribution in [3.05, 3.63) is 250 Å². The smallest absolute Gasteiger partial charge is 0.0622 e. The third-order valence-electron chi connectivity index (χ3n) is 11.8. The minimum absolute atomic E-state index is 0.411. The van der Waals surface area contributed by atoms with Crippen molar-refractivity contribution >= 4 is 0 Å². The van der Waals surface area contributed by atoms with E-state index in [1.807, 2.05) is 0 Å². The summed E-state index contributed by atoms with van der Waals surface area (Å²) in [6.45, 7) is 4.49. The predicted molar refractivity (Wildman–Crippen MR) is 216 cm³/mol. The molecule has 1 atom stereocenters. The summed E-state index contributed by atoms with van der Waals surface area (Å²) in [7, 11) is 0. The van der Waals surface area contributed by atoms with Crippen LogP contribution in [0.1, 0.15) is 55.6 Å². The maximum absolute atomic E-state index is 2.46. The van der Waals surface area contributed by atoms with E-state index in [-0.39, 0.29) is 0 Å². The molecule has 0 heteroatoms. The number of hydrogen-bond donors (Lipinski definition) is 0. The van der Waals surface area contributed by atoms with Gasteiger partial charge in [-0.2, -0.15) is 0 Å². The van der Waals surface area contributed by atoms with Gasteiger partial charge in [0, 0.05) is 0 Å². The fourth-order valence-electron chi connectivity index (χ4n) is 9.74. The lowest BCUT2D eigenvalue weighted by atomic mass is 9.66. The molecule has 8 aromatic rings. The lowest BCUT2D eigenvalue weighted by Crippen LogP contribution is -2.29. The molecule has 8 aromatic carbocycles. The van der Waals surface area contributed by atoms with E-state index in [0.29, 0.717) is 0 Å². The third-order valence-corrected chi connectivity index (χ3v) is 11.8. The molecule has 0 aromatic heterocycles. The van der Waals surface area contributed by atoms with Crippen LogP contribution < -0.4 is 0 Å². The Bertz CT molecular complexity index is 2590. The number of hydrogen-bond acceptors (Lipinski definition) is 0. The maximum Gasteiger partial charge on any atom is 0.0716 e. The number of rotatable bonds is 5. The average Bonchev–Trinajstić information content (AvgIpc) is 3.67. The molecule has 0 radical (unpaired) electrons. The first kappa shape index (κ1) is 30.6. The predicted octanol–water partition coefficient (Wildman–Crippen LogP) is 12.7. The van der Waals surface area contributed by atoms with Crippen LogP contribution >= 0.6 is 0 Å². The second kappa shape index (κ2) is 11.7. The van der Waals surface area contributed by atoms with Gasteiger partial charge in [-0.1, -0.05) is 188 Å². The molecule has 0 heterocycles. The SMILES string of the molecule is Cc1ccc2c(c1)C(c1ccccc1)(c1cccc(-c3ccc4c(c3)-c3cccc(C)c3C4(c3ccccc3)c3ccccc3)c1)c1ccccc1-2. The highest BCUT2D eigenvalue weighted by molar-refractivity contribution is 5.91. The van der Waals surface area contributed by atoms with Gasteiger partial charge in [-0.05, 0) is 109 Å². The summed E-state index contributed by atoms with van der Waals surface area (Å²) < 4.78 is 0. The van der Waals surface area contributed by atoms with E-state index < -0.39 is 10.8 Å². The van der Waals surface area contributed by atoms with Gasteiger partial charge in [0.25, 0.3) is 0 Å². The minimum Gasteiger partial charge on any atom is -0.0622 e. The van der Waals surface area contributed by atoms with Crippen LogP contribution in [0.2, 0.25) is 0 Å². The van der Waals surface area contributed by atoms with Gasteiger partial charge < -0.3 is 0 Å². The standard InChI is InChI=1S/C52H38/c1-35-28-30-44-43-25-12-13-27-47(43)51(49(44)32-35,39-18-6-3-7-19-39)42-24-15-17-37(33-42)38-29-31-48-46(34-38)45-26-14-16-36(2)50(45)52(48,40-20-8-4-9-21-40)41-22-10-5-11-23-41/h3-34H,1-2H3. The van der Waals surface area contributed by atoms with Crippen molar-refractivity contribution in [3.8, 4) is 33.4 Å². The van der Waals surface area contributed by atoms with Gasteiger partial charge in [-0.25, -0.2) is 0 Å². The molecule has 2 aliphatic rings.